The molecule has 1 atom stereocenters. The molecular formula is C14H22N6S. The highest BCUT2D eigenvalue weighted by molar-refractivity contribution is 7.99. The van der Waals surface area contributed by atoms with Crippen LogP contribution in [0.15, 0.2) is 5.16 Å². The zero-order chi connectivity index (χ0) is 14.7. The van der Waals surface area contributed by atoms with Crippen molar-refractivity contribution in [2.45, 2.75) is 74.6 Å². The summed E-state index contributed by atoms with van der Waals surface area (Å²) in [5.74, 6) is 1.01. The molecule has 21 heavy (non-hydrogen) atoms. The van der Waals surface area contributed by atoms with E-state index in [1.807, 2.05) is 11.6 Å². The highest BCUT2D eigenvalue weighted by atomic mass is 32.2. The SMILES string of the molecule is CC(C#N)(CCCCSc1nnnn1C1CC1)NC1CC1. The van der Waals surface area contributed by atoms with Crippen molar-refractivity contribution in [3.63, 3.8) is 0 Å². The lowest BCUT2D eigenvalue weighted by Gasteiger charge is -2.23. The number of unbranched alkanes of at least 4 members (excludes halogenated alkanes) is 1. The summed E-state index contributed by atoms with van der Waals surface area (Å²) in [6.45, 7) is 2.02. The van der Waals surface area contributed by atoms with Gasteiger partial charge in [-0.05, 0) is 62.3 Å². The number of nitriles is 1. The minimum absolute atomic E-state index is 0.360. The Morgan fingerprint density at radius 3 is 2.86 bits per heavy atom. The molecule has 114 valence electrons. The van der Waals surface area contributed by atoms with Crippen molar-refractivity contribution in [2.24, 2.45) is 0 Å². The van der Waals surface area contributed by atoms with Crippen LogP contribution in [0.2, 0.25) is 0 Å². The Labute approximate surface area is 129 Å². The predicted molar refractivity (Wildman–Crippen MR) is 80.8 cm³/mol. The average Bonchev–Trinajstić information content (AvgIpc) is 3.41. The molecule has 1 N–H and O–H groups in total. The third kappa shape index (κ3) is 4.17. The fourth-order valence-electron chi connectivity index (χ4n) is 2.41. The molecule has 1 heterocycles. The van der Waals surface area contributed by atoms with Crippen LogP contribution >= 0.6 is 11.8 Å². The summed E-state index contributed by atoms with van der Waals surface area (Å²) >= 11 is 1.73. The van der Waals surface area contributed by atoms with E-state index in [0.717, 1.165) is 30.2 Å². The van der Waals surface area contributed by atoms with Gasteiger partial charge in [0.15, 0.2) is 0 Å². The molecular weight excluding hydrogens is 284 g/mol. The molecule has 0 bridgehead atoms. The first-order valence-electron chi connectivity index (χ1n) is 7.80. The minimum Gasteiger partial charge on any atom is -0.297 e. The molecule has 1 unspecified atom stereocenters. The van der Waals surface area contributed by atoms with Gasteiger partial charge in [0.05, 0.1) is 12.1 Å². The first-order chi connectivity index (χ1) is 10.2. The van der Waals surface area contributed by atoms with Gasteiger partial charge >= 0.3 is 0 Å². The van der Waals surface area contributed by atoms with Gasteiger partial charge in [0.25, 0.3) is 0 Å². The highest BCUT2D eigenvalue weighted by Crippen LogP contribution is 2.36. The highest BCUT2D eigenvalue weighted by Gasteiger charge is 2.32. The van der Waals surface area contributed by atoms with E-state index >= 15 is 0 Å². The van der Waals surface area contributed by atoms with Gasteiger partial charge in [0.1, 0.15) is 5.54 Å². The van der Waals surface area contributed by atoms with E-state index < -0.39 is 0 Å². The number of tetrazole rings is 1. The first kappa shape index (κ1) is 14.8. The molecule has 2 saturated carbocycles. The second kappa shape index (κ2) is 6.32. The standard InChI is InChI=1S/C14H22N6S/c1-14(10-15,16-11-4-5-11)8-2-3-9-21-13-17-18-19-20(13)12-6-7-12/h11-12,16H,2-9H2,1H3. The molecule has 7 heteroatoms. The Bertz CT molecular complexity index is 516. The van der Waals surface area contributed by atoms with Crippen molar-refractivity contribution in [1.29, 1.82) is 5.26 Å². The third-order valence-corrected chi connectivity index (χ3v) is 5.02. The Morgan fingerprint density at radius 1 is 1.38 bits per heavy atom. The second-order valence-corrected chi connectivity index (χ2v) is 7.37. The number of rotatable bonds is 9. The molecule has 2 fully saturated rings. The summed E-state index contributed by atoms with van der Waals surface area (Å²) in [5.41, 5.74) is -0.360. The molecule has 2 aliphatic rings. The summed E-state index contributed by atoms with van der Waals surface area (Å²) in [6, 6.07) is 3.54. The van der Waals surface area contributed by atoms with Gasteiger partial charge in [-0.2, -0.15) is 5.26 Å². The van der Waals surface area contributed by atoms with Gasteiger partial charge in [-0.25, -0.2) is 4.68 Å². The number of thioether (sulfide) groups is 1. The summed E-state index contributed by atoms with van der Waals surface area (Å²) in [6.07, 6.45) is 7.90. The normalized spacial score (nSPS) is 21.0. The Hall–Kier alpha value is -1.13. The third-order valence-electron chi connectivity index (χ3n) is 4.00. The monoisotopic (exact) mass is 306 g/mol. The van der Waals surface area contributed by atoms with Crippen molar-refractivity contribution in [2.75, 3.05) is 5.75 Å². The van der Waals surface area contributed by atoms with E-state index in [-0.39, 0.29) is 5.54 Å². The number of aromatic nitrogens is 4. The zero-order valence-electron chi connectivity index (χ0n) is 12.5. The van der Waals surface area contributed by atoms with Crippen molar-refractivity contribution < 1.29 is 0 Å². The molecule has 0 aliphatic heterocycles. The van der Waals surface area contributed by atoms with Crippen molar-refractivity contribution in [1.82, 2.24) is 25.5 Å². The van der Waals surface area contributed by atoms with E-state index in [9.17, 15) is 5.26 Å². The molecule has 1 aromatic heterocycles. The fourth-order valence-corrected chi connectivity index (χ4v) is 3.35. The summed E-state index contributed by atoms with van der Waals surface area (Å²) in [4.78, 5) is 0. The smallest absolute Gasteiger partial charge is 0.209 e. The van der Waals surface area contributed by atoms with E-state index in [4.69, 9.17) is 0 Å². The zero-order valence-corrected chi connectivity index (χ0v) is 13.3. The molecule has 0 radical (unpaired) electrons. The maximum Gasteiger partial charge on any atom is 0.209 e. The fraction of sp³-hybridized carbons (Fsp3) is 0.857. The number of hydrogen-bond acceptors (Lipinski definition) is 6. The topological polar surface area (TPSA) is 79.4 Å². The van der Waals surface area contributed by atoms with E-state index in [1.54, 1.807) is 11.8 Å². The Balaban J connectivity index is 1.36. The molecule has 3 rings (SSSR count). The maximum absolute atomic E-state index is 9.33. The molecule has 1 aromatic rings. The van der Waals surface area contributed by atoms with E-state index in [2.05, 4.69) is 26.9 Å². The minimum atomic E-state index is -0.360. The largest absolute Gasteiger partial charge is 0.297 e. The van der Waals surface area contributed by atoms with Gasteiger partial charge in [0, 0.05) is 11.8 Å². The van der Waals surface area contributed by atoms with Crippen LogP contribution in [0, 0.1) is 11.3 Å². The Morgan fingerprint density at radius 2 is 2.19 bits per heavy atom. The lowest BCUT2D eigenvalue weighted by molar-refractivity contribution is 0.402. The molecule has 0 aromatic carbocycles. The van der Waals surface area contributed by atoms with Crippen LogP contribution in [0.5, 0.6) is 0 Å². The number of nitrogens with zero attached hydrogens (tertiary/aromatic N) is 5. The lowest BCUT2D eigenvalue weighted by Crippen LogP contribution is -2.42. The van der Waals surface area contributed by atoms with Crippen molar-refractivity contribution >= 4 is 11.8 Å². The van der Waals surface area contributed by atoms with E-state index in [1.165, 1.54) is 25.7 Å². The lowest BCUT2D eigenvalue weighted by atomic mass is 9.96. The number of hydrogen-bond donors (Lipinski definition) is 1. The quantitative estimate of drug-likeness (QED) is 0.557. The number of nitrogens with one attached hydrogen (secondary N) is 1. The van der Waals surface area contributed by atoms with Crippen LogP contribution in [0.25, 0.3) is 0 Å². The maximum atomic E-state index is 9.33. The Kier molecular flexibility index (Phi) is 4.45. The van der Waals surface area contributed by atoms with Crippen LogP contribution in [-0.2, 0) is 0 Å². The van der Waals surface area contributed by atoms with Crippen molar-refractivity contribution in [3.8, 4) is 6.07 Å². The van der Waals surface area contributed by atoms with Gasteiger partial charge < -0.3 is 0 Å². The van der Waals surface area contributed by atoms with Gasteiger partial charge in [-0.1, -0.05) is 11.8 Å². The second-order valence-electron chi connectivity index (χ2n) is 6.31. The molecule has 0 amide bonds. The summed E-state index contributed by atoms with van der Waals surface area (Å²) in [7, 11) is 0. The average molecular weight is 306 g/mol. The van der Waals surface area contributed by atoms with E-state index in [0.29, 0.717) is 12.1 Å². The molecule has 2 aliphatic carbocycles. The van der Waals surface area contributed by atoms with Gasteiger partial charge in [-0.3, -0.25) is 5.32 Å². The molecule has 6 nitrogen and oxygen atoms in total. The first-order valence-corrected chi connectivity index (χ1v) is 8.78. The van der Waals surface area contributed by atoms with Crippen LogP contribution in [0.4, 0.5) is 0 Å². The van der Waals surface area contributed by atoms with Crippen LogP contribution < -0.4 is 5.32 Å². The van der Waals surface area contributed by atoms with Gasteiger partial charge in [-0.15, -0.1) is 5.10 Å². The predicted octanol–water partition coefficient (Wildman–Crippen LogP) is 2.30. The molecule has 0 saturated heterocycles. The van der Waals surface area contributed by atoms with Crippen LogP contribution in [0.3, 0.4) is 0 Å². The molecule has 0 spiro atoms. The van der Waals surface area contributed by atoms with Crippen molar-refractivity contribution in [3.05, 3.63) is 0 Å². The van der Waals surface area contributed by atoms with Crippen LogP contribution in [0.1, 0.15) is 57.9 Å². The van der Waals surface area contributed by atoms with Gasteiger partial charge in [0.2, 0.25) is 5.16 Å². The summed E-state index contributed by atoms with van der Waals surface area (Å²) in [5, 5.41) is 25.6. The van der Waals surface area contributed by atoms with Crippen LogP contribution in [-0.4, -0.2) is 37.5 Å². The summed E-state index contributed by atoms with van der Waals surface area (Å²) < 4.78 is 1.96.